The Hall–Kier alpha value is -1.58. The van der Waals surface area contributed by atoms with Gasteiger partial charge in [0.25, 0.3) is 0 Å². The van der Waals surface area contributed by atoms with E-state index in [0.29, 0.717) is 55.3 Å². The summed E-state index contributed by atoms with van der Waals surface area (Å²) in [6, 6.07) is 8.58. The molecule has 3 aromatic rings. The normalized spacial score (nSPS) is 10.9. The standard InChI is InChI=1S/C19H17Cl3N4O2S2/c1-11(27)23-6-2-3-18-24-25-19(26(18)14-8-12(20)7-13(21)9-14)29-10-15(28)16-4-5-17(22)30-16/h4-5,7-9H,2-3,6,10H2,1H3,(H,23,27). The van der Waals surface area contributed by atoms with Crippen molar-refractivity contribution in [2.24, 2.45) is 0 Å². The average molecular weight is 504 g/mol. The van der Waals surface area contributed by atoms with Crippen LogP contribution in [0, 0.1) is 0 Å². The van der Waals surface area contributed by atoms with Gasteiger partial charge in [0.15, 0.2) is 10.9 Å². The third-order valence-electron chi connectivity index (χ3n) is 3.94. The van der Waals surface area contributed by atoms with Gasteiger partial charge in [-0.05, 0) is 36.8 Å². The van der Waals surface area contributed by atoms with E-state index in [1.165, 1.54) is 30.0 Å². The Labute approximate surface area is 196 Å². The number of amides is 1. The molecule has 3 rings (SSSR count). The number of carbonyl (C=O) groups is 2. The predicted octanol–water partition coefficient (Wildman–Crippen LogP) is 5.33. The van der Waals surface area contributed by atoms with Crippen molar-refractivity contribution in [1.82, 2.24) is 20.1 Å². The maximum atomic E-state index is 12.5. The highest BCUT2D eigenvalue weighted by Crippen LogP contribution is 2.29. The molecule has 6 nitrogen and oxygen atoms in total. The highest BCUT2D eigenvalue weighted by atomic mass is 35.5. The van der Waals surface area contributed by atoms with Crippen molar-refractivity contribution in [3.05, 3.63) is 55.4 Å². The molecule has 0 saturated heterocycles. The highest BCUT2D eigenvalue weighted by molar-refractivity contribution is 7.99. The van der Waals surface area contributed by atoms with Gasteiger partial charge in [-0.1, -0.05) is 46.6 Å². The van der Waals surface area contributed by atoms with Gasteiger partial charge < -0.3 is 5.32 Å². The molecule has 0 aliphatic rings. The second kappa shape index (κ2) is 10.6. The smallest absolute Gasteiger partial charge is 0.216 e. The molecule has 30 heavy (non-hydrogen) atoms. The number of carbonyl (C=O) groups excluding carboxylic acids is 2. The fourth-order valence-electron chi connectivity index (χ4n) is 2.66. The summed E-state index contributed by atoms with van der Waals surface area (Å²) in [7, 11) is 0. The monoisotopic (exact) mass is 502 g/mol. The van der Waals surface area contributed by atoms with Gasteiger partial charge in [-0.2, -0.15) is 0 Å². The van der Waals surface area contributed by atoms with Crippen LogP contribution >= 0.6 is 57.9 Å². The van der Waals surface area contributed by atoms with Crippen LogP contribution in [0.5, 0.6) is 0 Å². The highest BCUT2D eigenvalue weighted by Gasteiger charge is 2.18. The third-order valence-corrected chi connectivity index (χ3v) is 6.57. The Bertz CT molecular complexity index is 1050. The Morgan fingerprint density at radius 2 is 1.87 bits per heavy atom. The number of rotatable bonds is 9. The molecule has 0 radical (unpaired) electrons. The van der Waals surface area contributed by atoms with Crippen LogP contribution in [0.15, 0.2) is 35.5 Å². The number of halogens is 3. The molecule has 1 aromatic carbocycles. The lowest BCUT2D eigenvalue weighted by atomic mass is 10.2. The third kappa shape index (κ3) is 6.21. The van der Waals surface area contributed by atoms with Crippen molar-refractivity contribution in [3.63, 3.8) is 0 Å². The van der Waals surface area contributed by atoms with Gasteiger partial charge in [-0.15, -0.1) is 21.5 Å². The van der Waals surface area contributed by atoms with Crippen molar-refractivity contribution in [2.45, 2.75) is 24.9 Å². The van der Waals surface area contributed by atoms with Crippen LogP contribution in [-0.4, -0.2) is 38.8 Å². The van der Waals surface area contributed by atoms with Crippen LogP contribution in [0.1, 0.15) is 28.8 Å². The zero-order valence-corrected chi connectivity index (χ0v) is 19.7. The summed E-state index contributed by atoms with van der Waals surface area (Å²) in [5.74, 6) is 0.756. The topological polar surface area (TPSA) is 76.9 Å². The van der Waals surface area contributed by atoms with E-state index in [1.54, 1.807) is 30.3 Å². The van der Waals surface area contributed by atoms with E-state index in [9.17, 15) is 9.59 Å². The average Bonchev–Trinajstić information content (AvgIpc) is 3.28. The van der Waals surface area contributed by atoms with Gasteiger partial charge in [-0.3, -0.25) is 14.2 Å². The van der Waals surface area contributed by atoms with Crippen LogP contribution in [0.3, 0.4) is 0 Å². The first-order valence-electron chi connectivity index (χ1n) is 8.90. The molecule has 1 amide bonds. The van der Waals surface area contributed by atoms with Gasteiger partial charge in [0.05, 0.1) is 20.7 Å². The van der Waals surface area contributed by atoms with Crippen LogP contribution in [0.2, 0.25) is 14.4 Å². The molecule has 2 aromatic heterocycles. The first kappa shape index (κ1) is 23.1. The Morgan fingerprint density at radius 1 is 1.13 bits per heavy atom. The number of Topliss-reactive ketones (excluding diaryl/α,β-unsaturated/α-hetero) is 1. The second-order valence-corrected chi connectivity index (χ2v) is 9.79. The fraction of sp³-hybridized carbons (Fsp3) is 0.263. The minimum atomic E-state index is -0.0819. The number of thiophene rings is 1. The minimum Gasteiger partial charge on any atom is -0.356 e. The number of aromatic nitrogens is 3. The summed E-state index contributed by atoms with van der Waals surface area (Å²) < 4.78 is 2.41. The number of hydrogen-bond acceptors (Lipinski definition) is 6. The van der Waals surface area contributed by atoms with Crippen molar-refractivity contribution < 1.29 is 9.59 Å². The van der Waals surface area contributed by atoms with Gasteiger partial charge in [-0.25, -0.2) is 0 Å². The summed E-state index contributed by atoms with van der Waals surface area (Å²) in [6.07, 6.45) is 1.26. The van der Waals surface area contributed by atoms with E-state index in [0.717, 1.165) is 0 Å². The molecule has 11 heteroatoms. The lowest BCUT2D eigenvalue weighted by Crippen LogP contribution is -2.21. The Kier molecular flexibility index (Phi) is 8.19. The lowest BCUT2D eigenvalue weighted by Gasteiger charge is -2.11. The molecule has 2 heterocycles. The minimum absolute atomic E-state index is 0.0391. The lowest BCUT2D eigenvalue weighted by molar-refractivity contribution is -0.118. The number of ketones is 1. The van der Waals surface area contributed by atoms with Gasteiger partial charge >= 0.3 is 0 Å². The first-order chi connectivity index (χ1) is 14.3. The quantitative estimate of drug-likeness (QED) is 0.242. The molecule has 0 atom stereocenters. The molecule has 0 unspecified atom stereocenters. The maximum Gasteiger partial charge on any atom is 0.216 e. The van der Waals surface area contributed by atoms with E-state index in [1.807, 2.05) is 4.57 Å². The first-order valence-corrected chi connectivity index (χ1v) is 11.8. The number of thioether (sulfide) groups is 1. The number of hydrogen-bond donors (Lipinski definition) is 1. The molecule has 0 fully saturated rings. The van der Waals surface area contributed by atoms with Crippen molar-refractivity contribution in [3.8, 4) is 5.69 Å². The van der Waals surface area contributed by atoms with Crippen molar-refractivity contribution in [2.75, 3.05) is 12.3 Å². The molecule has 0 bridgehead atoms. The molecule has 0 spiro atoms. The number of nitrogens with one attached hydrogen (secondary N) is 1. The summed E-state index contributed by atoms with van der Waals surface area (Å²) >= 11 is 20.8. The van der Waals surface area contributed by atoms with Crippen LogP contribution in [0.25, 0.3) is 5.69 Å². The fourth-order valence-corrected chi connectivity index (χ4v) is 5.10. The van der Waals surface area contributed by atoms with Gasteiger partial charge in [0.2, 0.25) is 5.91 Å². The van der Waals surface area contributed by atoms with E-state index < -0.39 is 0 Å². The van der Waals surface area contributed by atoms with E-state index in [4.69, 9.17) is 34.8 Å². The zero-order valence-electron chi connectivity index (χ0n) is 15.8. The second-order valence-electron chi connectivity index (χ2n) is 6.26. The van der Waals surface area contributed by atoms with Crippen LogP contribution < -0.4 is 5.32 Å². The van der Waals surface area contributed by atoms with Crippen LogP contribution in [-0.2, 0) is 11.2 Å². The Morgan fingerprint density at radius 3 is 2.50 bits per heavy atom. The van der Waals surface area contributed by atoms with Crippen molar-refractivity contribution >= 4 is 69.6 Å². The predicted molar refractivity (Wildman–Crippen MR) is 123 cm³/mol. The Balaban J connectivity index is 1.82. The van der Waals surface area contributed by atoms with E-state index in [-0.39, 0.29) is 17.4 Å². The molecular weight excluding hydrogens is 487 g/mol. The number of benzene rings is 1. The van der Waals surface area contributed by atoms with E-state index in [2.05, 4.69) is 15.5 Å². The SMILES string of the molecule is CC(=O)NCCCc1nnc(SCC(=O)c2ccc(Cl)s2)n1-c1cc(Cl)cc(Cl)c1. The van der Waals surface area contributed by atoms with E-state index >= 15 is 0 Å². The summed E-state index contributed by atoms with van der Waals surface area (Å²) in [6.45, 7) is 2.00. The molecule has 158 valence electrons. The van der Waals surface area contributed by atoms with Crippen LogP contribution in [0.4, 0.5) is 0 Å². The van der Waals surface area contributed by atoms with Crippen molar-refractivity contribution in [1.29, 1.82) is 0 Å². The van der Waals surface area contributed by atoms with Gasteiger partial charge in [0.1, 0.15) is 5.82 Å². The zero-order chi connectivity index (χ0) is 21.7. The summed E-state index contributed by atoms with van der Waals surface area (Å²) in [5.41, 5.74) is 0.709. The maximum absolute atomic E-state index is 12.5. The molecule has 0 aliphatic heterocycles. The summed E-state index contributed by atoms with van der Waals surface area (Å²) in [4.78, 5) is 24.1. The van der Waals surface area contributed by atoms with Gasteiger partial charge in [0, 0.05) is 29.9 Å². The molecule has 0 aliphatic carbocycles. The molecular formula is C19H17Cl3N4O2S2. The number of nitrogens with zero attached hydrogens (tertiary/aromatic N) is 3. The summed E-state index contributed by atoms with van der Waals surface area (Å²) in [5, 5.41) is 12.8. The number of aryl methyl sites for hydroxylation is 1. The largest absolute Gasteiger partial charge is 0.356 e. The molecule has 0 saturated carbocycles. The molecule has 1 N–H and O–H groups in total.